The van der Waals surface area contributed by atoms with Crippen LogP contribution in [0.4, 0.5) is 0 Å². The second kappa shape index (κ2) is 13.4. The number of benzene rings is 1. The molecule has 1 aliphatic carbocycles. The second-order valence-corrected chi connectivity index (χ2v) is 11.2. The lowest BCUT2D eigenvalue weighted by atomic mass is 9.72. The third-order valence-electron chi connectivity index (χ3n) is 7.97. The fourth-order valence-corrected chi connectivity index (χ4v) is 5.22. The molecule has 1 saturated carbocycles. The predicted molar refractivity (Wildman–Crippen MR) is 141 cm³/mol. The van der Waals surface area contributed by atoms with Gasteiger partial charge in [-0.2, -0.15) is 0 Å². The molecule has 4 fully saturated rings. The summed E-state index contributed by atoms with van der Waals surface area (Å²) in [7, 11) is 1.39. The molecule has 2 amide bonds. The minimum Gasteiger partial charge on any atom is -0.465 e. The van der Waals surface area contributed by atoms with Crippen LogP contribution in [0.5, 0.6) is 0 Å². The molecule has 206 valence electrons. The fourth-order valence-electron chi connectivity index (χ4n) is 5.22. The van der Waals surface area contributed by atoms with Crippen LogP contribution in [0.2, 0.25) is 0 Å². The summed E-state index contributed by atoms with van der Waals surface area (Å²) >= 11 is 0. The van der Waals surface area contributed by atoms with Crippen molar-refractivity contribution in [2.45, 2.75) is 83.8 Å². The highest BCUT2D eigenvalue weighted by Gasteiger charge is 2.42. The van der Waals surface area contributed by atoms with Crippen LogP contribution >= 0.6 is 0 Å². The molecule has 3 aliphatic heterocycles. The van der Waals surface area contributed by atoms with Crippen LogP contribution in [-0.2, 0) is 23.8 Å². The van der Waals surface area contributed by atoms with Crippen molar-refractivity contribution in [2.75, 3.05) is 33.4 Å². The van der Waals surface area contributed by atoms with Gasteiger partial charge in [-0.1, -0.05) is 26.0 Å². The zero-order chi connectivity index (χ0) is 27.0. The van der Waals surface area contributed by atoms with Crippen molar-refractivity contribution in [2.24, 2.45) is 17.1 Å². The standard InChI is InChI=1S/C25H35NO5.C4H9NO/c1-18(30-16-25-11-7-22(8-12-25)31-17-25)15-23(27)26-13-9-20(10-14-26)19-3-5-21(6-4-19)24(28)29-2;1-3(2)4(5)6/h3-6,18,20,22H,7-17H2,1-2H3;3H,1-2H3,(H2,5,6). The summed E-state index contributed by atoms with van der Waals surface area (Å²) in [4.78, 5) is 36.3. The van der Waals surface area contributed by atoms with E-state index in [1.54, 1.807) is 13.8 Å². The van der Waals surface area contributed by atoms with Crippen LogP contribution in [-0.4, -0.2) is 68.3 Å². The highest BCUT2D eigenvalue weighted by molar-refractivity contribution is 5.89. The third kappa shape index (κ3) is 8.27. The first-order chi connectivity index (χ1) is 17.6. The Morgan fingerprint density at radius 3 is 2.14 bits per heavy atom. The number of fused-ring (bicyclic) bond motifs is 3. The first-order valence-electron chi connectivity index (χ1n) is 13.6. The van der Waals surface area contributed by atoms with Crippen LogP contribution in [0.25, 0.3) is 0 Å². The minimum atomic E-state index is -0.313. The van der Waals surface area contributed by atoms with Crippen molar-refractivity contribution in [3.05, 3.63) is 35.4 Å². The van der Waals surface area contributed by atoms with Gasteiger partial charge in [0.15, 0.2) is 0 Å². The number of ether oxygens (including phenoxy) is 3. The molecule has 1 atom stereocenters. The van der Waals surface area contributed by atoms with Gasteiger partial charge < -0.3 is 24.8 Å². The smallest absolute Gasteiger partial charge is 0.337 e. The number of nitrogens with zero attached hydrogens (tertiary/aromatic N) is 1. The minimum absolute atomic E-state index is 0.00926. The summed E-state index contributed by atoms with van der Waals surface area (Å²) in [6.45, 7) is 8.61. The molecule has 3 saturated heterocycles. The summed E-state index contributed by atoms with van der Waals surface area (Å²) < 4.78 is 16.8. The SMILES string of the molecule is CC(C)C(N)=O.COC(=O)c1ccc(C2CCN(C(=O)CC(C)OCC34CCC(CC3)OC4)CC2)cc1. The molecule has 3 heterocycles. The summed E-state index contributed by atoms with van der Waals surface area (Å²) in [6, 6.07) is 7.65. The van der Waals surface area contributed by atoms with Gasteiger partial charge in [-0.3, -0.25) is 9.59 Å². The number of piperidine rings is 1. The van der Waals surface area contributed by atoms with Gasteiger partial charge in [0, 0.05) is 24.4 Å². The maximum atomic E-state index is 12.8. The monoisotopic (exact) mass is 516 g/mol. The van der Waals surface area contributed by atoms with Crippen molar-refractivity contribution in [3.8, 4) is 0 Å². The zero-order valence-corrected chi connectivity index (χ0v) is 22.9. The van der Waals surface area contributed by atoms with E-state index in [-0.39, 0.29) is 35.2 Å². The van der Waals surface area contributed by atoms with E-state index in [1.807, 2.05) is 36.1 Å². The number of carbonyl (C=O) groups is 3. The summed E-state index contributed by atoms with van der Waals surface area (Å²) in [5, 5.41) is 0. The number of hydrogen-bond acceptors (Lipinski definition) is 6. The molecule has 4 aliphatic rings. The lowest BCUT2D eigenvalue weighted by molar-refractivity contribution is -0.153. The molecule has 1 aromatic carbocycles. The van der Waals surface area contributed by atoms with Crippen LogP contribution < -0.4 is 5.73 Å². The van der Waals surface area contributed by atoms with Gasteiger partial charge in [0.25, 0.3) is 0 Å². The van der Waals surface area contributed by atoms with E-state index in [1.165, 1.54) is 25.5 Å². The number of esters is 1. The van der Waals surface area contributed by atoms with Crippen LogP contribution in [0.15, 0.2) is 24.3 Å². The lowest BCUT2D eigenvalue weighted by Crippen LogP contribution is -2.46. The van der Waals surface area contributed by atoms with E-state index >= 15 is 0 Å². The Bertz CT molecular complexity index is 886. The molecule has 8 nitrogen and oxygen atoms in total. The first-order valence-corrected chi connectivity index (χ1v) is 13.6. The van der Waals surface area contributed by atoms with Crippen molar-refractivity contribution < 1.29 is 28.6 Å². The molecule has 8 heteroatoms. The molecule has 37 heavy (non-hydrogen) atoms. The molecule has 0 radical (unpaired) electrons. The van der Waals surface area contributed by atoms with Crippen LogP contribution in [0.1, 0.15) is 87.6 Å². The van der Waals surface area contributed by atoms with Gasteiger partial charge in [0.05, 0.1) is 44.5 Å². The average molecular weight is 517 g/mol. The highest BCUT2D eigenvalue weighted by atomic mass is 16.5. The maximum absolute atomic E-state index is 12.8. The molecule has 2 bridgehead atoms. The highest BCUT2D eigenvalue weighted by Crippen LogP contribution is 2.43. The topological polar surface area (TPSA) is 108 Å². The van der Waals surface area contributed by atoms with Crippen molar-refractivity contribution in [1.29, 1.82) is 0 Å². The first kappa shape index (κ1) is 29.1. The number of primary amides is 1. The van der Waals surface area contributed by atoms with Gasteiger partial charge in [0.2, 0.25) is 11.8 Å². The number of rotatable bonds is 8. The van der Waals surface area contributed by atoms with Crippen molar-refractivity contribution >= 4 is 17.8 Å². The largest absolute Gasteiger partial charge is 0.465 e. The van der Waals surface area contributed by atoms with E-state index in [9.17, 15) is 14.4 Å². The Kier molecular flexibility index (Phi) is 10.5. The number of nitrogens with two attached hydrogens (primary N) is 1. The quantitative estimate of drug-likeness (QED) is 0.522. The normalized spacial score (nSPS) is 24.2. The maximum Gasteiger partial charge on any atom is 0.337 e. The molecule has 0 spiro atoms. The number of likely N-dealkylation sites (tertiary alicyclic amines) is 1. The predicted octanol–water partition coefficient (Wildman–Crippen LogP) is 4.06. The van der Waals surface area contributed by atoms with Gasteiger partial charge in [-0.15, -0.1) is 0 Å². The van der Waals surface area contributed by atoms with Crippen LogP contribution in [0.3, 0.4) is 0 Å². The molecule has 1 unspecified atom stereocenters. The molecular formula is C29H44N2O6. The van der Waals surface area contributed by atoms with Crippen molar-refractivity contribution in [1.82, 2.24) is 4.90 Å². The summed E-state index contributed by atoms with van der Waals surface area (Å²) in [5.41, 5.74) is 6.76. The molecule has 5 rings (SSSR count). The number of hydrogen-bond donors (Lipinski definition) is 1. The Hall–Kier alpha value is -2.45. The number of carbonyl (C=O) groups excluding carboxylic acids is 3. The number of methoxy groups -OCH3 is 1. The van der Waals surface area contributed by atoms with E-state index in [0.717, 1.165) is 45.4 Å². The van der Waals surface area contributed by atoms with E-state index < -0.39 is 0 Å². The Balaban J connectivity index is 0.000000568. The average Bonchev–Trinajstić information content (AvgIpc) is 2.93. The van der Waals surface area contributed by atoms with Gasteiger partial charge >= 0.3 is 5.97 Å². The van der Waals surface area contributed by atoms with Crippen molar-refractivity contribution in [3.63, 3.8) is 0 Å². The second-order valence-electron chi connectivity index (χ2n) is 11.2. The lowest BCUT2D eigenvalue weighted by Gasteiger charge is -2.46. The zero-order valence-electron chi connectivity index (χ0n) is 22.9. The Labute approximate surface area is 221 Å². The van der Waals surface area contributed by atoms with E-state index in [2.05, 4.69) is 0 Å². The Morgan fingerprint density at radius 2 is 1.65 bits per heavy atom. The van der Waals surface area contributed by atoms with Gasteiger partial charge in [0.1, 0.15) is 0 Å². The van der Waals surface area contributed by atoms with E-state index in [4.69, 9.17) is 19.9 Å². The fraction of sp³-hybridized carbons (Fsp3) is 0.690. The molecule has 1 aromatic rings. The van der Waals surface area contributed by atoms with Gasteiger partial charge in [-0.25, -0.2) is 4.79 Å². The summed E-state index contributed by atoms with van der Waals surface area (Å²) in [5.74, 6) is 0.0460. The molecular weight excluding hydrogens is 472 g/mol. The molecule has 2 N–H and O–H groups in total. The van der Waals surface area contributed by atoms with Crippen LogP contribution in [0, 0.1) is 11.3 Å². The third-order valence-corrected chi connectivity index (χ3v) is 7.97. The Morgan fingerprint density at radius 1 is 1.05 bits per heavy atom. The summed E-state index contributed by atoms with van der Waals surface area (Å²) in [6.07, 6.45) is 7.41. The number of amides is 2. The van der Waals surface area contributed by atoms with E-state index in [0.29, 0.717) is 30.6 Å². The van der Waals surface area contributed by atoms with Gasteiger partial charge in [-0.05, 0) is 69.1 Å². The molecule has 0 aromatic heterocycles.